The van der Waals surface area contributed by atoms with Gasteiger partial charge < -0.3 is 33.8 Å². The molecule has 17 nitrogen and oxygen atoms in total. The standard InChI is InChI=1S/C87H140O17P2/c1-5-9-13-17-21-25-29-33-36-38-40-42-45-49-52-56-60-64-68-72-85(90)98-78-83(104-87(92)74-70-66-62-58-54-50-46-43-41-39-37-34-30-26-22-18-14-10-6-2)80-102-106(95,96)100-76-81(88)75-99-105(93,94)101-79-82(103-86(91)73-69-65-61-57-53-47-32-28-24-20-16-12-8-4)77-97-84(89)71-67-63-59-55-51-48-44-35-31-27-23-19-15-11-7-3/h9-11,13-16,20-23,25-28,32-37,40-44,49,52,60,64,81-83,88H,5-8,12,17-19,24,29-31,38-39,45-48,50-51,53-59,61-63,65-80H2,1-4H3,(H,93,94)(H,95,96)/b13-9-,14-10-,15-11-,20-16-,25-21-,26-22-,27-23-,32-28-,36-33-,37-34-,42-40-,43-41-,44-35-,52-49-,64-60-. The second-order valence-electron chi connectivity index (χ2n) is 25.9. The van der Waals surface area contributed by atoms with Crippen LogP contribution in [0.3, 0.4) is 0 Å². The van der Waals surface area contributed by atoms with Crippen molar-refractivity contribution in [3.8, 4) is 0 Å². The van der Waals surface area contributed by atoms with Crippen molar-refractivity contribution < 1.29 is 80.2 Å². The van der Waals surface area contributed by atoms with Crippen LogP contribution in [0.5, 0.6) is 0 Å². The molecule has 0 aliphatic rings. The lowest BCUT2D eigenvalue weighted by atomic mass is 10.1. The SMILES string of the molecule is CC/C=C\C/C=C\C/C=C\C/C=C\C/C=C\C/C=C\CCC(=O)OCC(COP(=O)(O)OCC(O)COP(=O)(O)OCC(COC(=O)CCCCCCC/C=C\C/C=C\C/C=C\CC)OC(=O)CCCCCCC/C=C\C/C=C\CCC)OC(=O)CCCCCCCC/C=C\C/C=C\C/C=C\C/C=C\CC. The summed E-state index contributed by atoms with van der Waals surface area (Å²) in [6.07, 6.45) is 93.1. The molecular weight excluding hydrogens is 1380 g/mol. The van der Waals surface area contributed by atoms with Crippen LogP contribution in [0, 0.1) is 0 Å². The van der Waals surface area contributed by atoms with Crippen LogP contribution in [0.15, 0.2) is 182 Å². The van der Waals surface area contributed by atoms with E-state index in [1.807, 2.05) is 18.2 Å². The van der Waals surface area contributed by atoms with Crippen molar-refractivity contribution in [2.75, 3.05) is 39.6 Å². The molecule has 0 aromatic heterocycles. The minimum absolute atomic E-state index is 0.0254. The van der Waals surface area contributed by atoms with Gasteiger partial charge in [-0.05, 0) is 161 Å². The van der Waals surface area contributed by atoms with Gasteiger partial charge in [0.25, 0.3) is 0 Å². The minimum Gasteiger partial charge on any atom is -0.462 e. The first-order valence-electron chi connectivity index (χ1n) is 40.0. The summed E-state index contributed by atoms with van der Waals surface area (Å²) in [6, 6.07) is 0. The molecule has 0 fully saturated rings. The maximum Gasteiger partial charge on any atom is 0.472 e. The molecule has 0 bridgehead atoms. The van der Waals surface area contributed by atoms with Gasteiger partial charge in [-0.1, -0.05) is 281 Å². The molecule has 0 radical (unpaired) electrons. The van der Waals surface area contributed by atoms with Crippen molar-refractivity contribution in [2.45, 2.75) is 303 Å². The van der Waals surface area contributed by atoms with Crippen molar-refractivity contribution in [1.29, 1.82) is 0 Å². The minimum atomic E-state index is -5.01. The number of hydrogen-bond donors (Lipinski definition) is 3. The predicted octanol–water partition coefficient (Wildman–Crippen LogP) is 23.6. The van der Waals surface area contributed by atoms with Crippen molar-refractivity contribution in [3.05, 3.63) is 182 Å². The Balaban J connectivity index is 5.48. The third-order valence-corrected chi connectivity index (χ3v) is 17.7. The third-order valence-electron chi connectivity index (χ3n) is 15.8. The zero-order valence-electron chi connectivity index (χ0n) is 65.5. The van der Waals surface area contributed by atoms with Gasteiger partial charge in [0.2, 0.25) is 0 Å². The van der Waals surface area contributed by atoms with Gasteiger partial charge in [0.1, 0.15) is 19.3 Å². The molecule has 0 aliphatic heterocycles. The summed E-state index contributed by atoms with van der Waals surface area (Å²) in [7, 11) is -10.0. The van der Waals surface area contributed by atoms with Crippen LogP contribution < -0.4 is 0 Å². The number of hydrogen-bond acceptors (Lipinski definition) is 15. The van der Waals surface area contributed by atoms with E-state index in [2.05, 4.69) is 192 Å². The van der Waals surface area contributed by atoms with Crippen molar-refractivity contribution in [3.63, 3.8) is 0 Å². The molecule has 5 atom stereocenters. The van der Waals surface area contributed by atoms with Gasteiger partial charge in [-0.15, -0.1) is 0 Å². The molecule has 106 heavy (non-hydrogen) atoms. The predicted molar refractivity (Wildman–Crippen MR) is 436 cm³/mol. The first-order chi connectivity index (χ1) is 51.7. The van der Waals surface area contributed by atoms with E-state index in [1.54, 1.807) is 0 Å². The van der Waals surface area contributed by atoms with E-state index in [9.17, 15) is 43.2 Å². The number of esters is 4. The summed E-state index contributed by atoms with van der Waals surface area (Å²) >= 11 is 0. The van der Waals surface area contributed by atoms with E-state index in [1.165, 1.54) is 0 Å². The third kappa shape index (κ3) is 76.4. The number of carbonyl (C=O) groups excluding carboxylic acids is 4. The van der Waals surface area contributed by atoms with Crippen LogP contribution in [0.2, 0.25) is 0 Å². The first kappa shape index (κ1) is 100. The quantitative estimate of drug-likeness (QED) is 0.0169. The Morgan fingerprint density at radius 3 is 0.811 bits per heavy atom. The van der Waals surface area contributed by atoms with E-state index < -0.39 is 97.5 Å². The van der Waals surface area contributed by atoms with Crippen molar-refractivity contribution in [1.82, 2.24) is 0 Å². The van der Waals surface area contributed by atoms with Crippen LogP contribution in [-0.4, -0.2) is 96.7 Å². The zero-order valence-corrected chi connectivity index (χ0v) is 67.3. The number of aliphatic hydroxyl groups excluding tert-OH is 1. The maximum absolute atomic E-state index is 13.1. The molecule has 600 valence electrons. The maximum atomic E-state index is 13.1. The van der Waals surface area contributed by atoms with E-state index in [4.69, 9.17) is 37.0 Å². The average molecular weight is 1520 g/mol. The molecule has 0 saturated carbocycles. The fourth-order valence-corrected chi connectivity index (χ4v) is 11.5. The highest BCUT2D eigenvalue weighted by molar-refractivity contribution is 7.47. The second kappa shape index (κ2) is 77.3. The van der Waals surface area contributed by atoms with E-state index in [-0.39, 0.29) is 25.7 Å². The van der Waals surface area contributed by atoms with Gasteiger partial charge in [-0.2, -0.15) is 0 Å². The Kier molecular flexibility index (Phi) is 73.1. The van der Waals surface area contributed by atoms with E-state index >= 15 is 0 Å². The highest BCUT2D eigenvalue weighted by Crippen LogP contribution is 2.45. The topological polar surface area (TPSA) is 237 Å². The number of allylic oxidation sites excluding steroid dienone is 30. The monoisotopic (exact) mass is 1520 g/mol. The van der Waals surface area contributed by atoms with E-state index in [0.29, 0.717) is 32.1 Å². The number of ether oxygens (including phenoxy) is 4. The Bertz CT molecular complexity index is 2730. The zero-order chi connectivity index (χ0) is 77.4. The largest absolute Gasteiger partial charge is 0.472 e. The number of phosphoric ester groups is 2. The van der Waals surface area contributed by atoms with Crippen LogP contribution >= 0.6 is 15.6 Å². The molecule has 0 rings (SSSR count). The second-order valence-corrected chi connectivity index (χ2v) is 28.8. The number of phosphoric acid groups is 2. The first-order valence-corrected chi connectivity index (χ1v) is 43.0. The van der Waals surface area contributed by atoms with Gasteiger partial charge >= 0.3 is 39.5 Å². The van der Waals surface area contributed by atoms with Gasteiger partial charge in [0.05, 0.1) is 26.4 Å². The molecule has 0 saturated heterocycles. The van der Waals surface area contributed by atoms with Gasteiger partial charge in [-0.25, -0.2) is 9.13 Å². The number of carbonyl (C=O) groups is 4. The summed E-state index contributed by atoms with van der Waals surface area (Å²) in [5.41, 5.74) is 0. The lowest BCUT2D eigenvalue weighted by molar-refractivity contribution is -0.161. The van der Waals surface area contributed by atoms with Crippen LogP contribution in [0.1, 0.15) is 285 Å². The molecule has 0 amide bonds. The fourth-order valence-electron chi connectivity index (χ4n) is 9.88. The molecule has 5 unspecified atom stereocenters. The molecular formula is C87H140O17P2. The van der Waals surface area contributed by atoms with E-state index in [0.717, 1.165) is 199 Å². The van der Waals surface area contributed by atoms with Crippen LogP contribution in [0.25, 0.3) is 0 Å². The van der Waals surface area contributed by atoms with Gasteiger partial charge in [0, 0.05) is 25.7 Å². The number of rotatable bonds is 73. The Morgan fingerprint density at radius 1 is 0.274 bits per heavy atom. The summed E-state index contributed by atoms with van der Waals surface area (Å²) in [6.45, 7) is 4.31. The summed E-state index contributed by atoms with van der Waals surface area (Å²) < 4.78 is 68.5. The average Bonchev–Trinajstić information content (AvgIpc) is 0.903. The highest BCUT2D eigenvalue weighted by Gasteiger charge is 2.30. The molecule has 0 aromatic carbocycles. The van der Waals surface area contributed by atoms with Gasteiger partial charge in [0.15, 0.2) is 12.2 Å². The molecule has 19 heteroatoms. The summed E-state index contributed by atoms with van der Waals surface area (Å²) in [4.78, 5) is 73.0. The summed E-state index contributed by atoms with van der Waals surface area (Å²) in [5.74, 6) is -2.34. The summed E-state index contributed by atoms with van der Waals surface area (Å²) in [5, 5.41) is 10.6. The smallest absolute Gasteiger partial charge is 0.462 e. The highest BCUT2D eigenvalue weighted by atomic mass is 31.2. The molecule has 0 heterocycles. The Labute approximate surface area is 641 Å². The molecule has 0 aliphatic carbocycles. The normalized spacial score (nSPS) is 14.8. The Hall–Kier alpha value is -5.84. The molecule has 0 spiro atoms. The fraction of sp³-hybridized carbons (Fsp3) is 0.609. The van der Waals surface area contributed by atoms with Crippen molar-refractivity contribution >= 4 is 39.5 Å². The lowest BCUT2D eigenvalue weighted by Crippen LogP contribution is -2.30. The number of aliphatic hydroxyl groups is 1. The van der Waals surface area contributed by atoms with Crippen LogP contribution in [0.4, 0.5) is 0 Å². The number of unbranched alkanes of at least 4 members (excludes halogenated alkanes) is 17. The molecule has 3 N–H and O–H groups in total. The Morgan fingerprint density at radius 2 is 0.509 bits per heavy atom. The lowest BCUT2D eigenvalue weighted by Gasteiger charge is -2.21. The van der Waals surface area contributed by atoms with Crippen molar-refractivity contribution in [2.24, 2.45) is 0 Å². The van der Waals surface area contributed by atoms with Gasteiger partial charge in [-0.3, -0.25) is 37.3 Å². The molecule has 0 aromatic rings. The van der Waals surface area contributed by atoms with Crippen LogP contribution in [-0.2, 0) is 65.4 Å².